The molecule has 0 saturated carbocycles. The third kappa shape index (κ3) is 4.59. The molecule has 0 saturated heterocycles. The van der Waals surface area contributed by atoms with Gasteiger partial charge in [-0.2, -0.15) is 0 Å². The molecule has 3 aromatic rings. The Morgan fingerprint density at radius 1 is 1.20 bits per heavy atom. The maximum atomic E-state index is 13.6. The first-order valence-corrected chi connectivity index (χ1v) is 11.8. The normalized spacial score (nSPS) is 16.0. The van der Waals surface area contributed by atoms with E-state index in [-0.39, 0.29) is 16.7 Å². The second-order valence-corrected chi connectivity index (χ2v) is 10.3. The van der Waals surface area contributed by atoms with Crippen molar-refractivity contribution in [2.45, 2.75) is 39.2 Å². The van der Waals surface area contributed by atoms with Crippen molar-refractivity contribution in [1.29, 1.82) is 0 Å². The fourth-order valence-corrected chi connectivity index (χ4v) is 5.10. The molecule has 8 nitrogen and oxygen atoms in total. The van der Waals surface area contributed by atoms with Crippen molar-refractivity contribution >= 4 is 29.1 Å². The van der Waals surface area contributed by atoms with Gasteiger partial charge in [0.25, 0.3) is 11.2 Å². The summed E-state index contributed by atoms with van der Waals surface area (Å²) in [5.41, 5.74) is 2.73. The number of nitrogens with zero attached hydrogens (tertiary/aromatic N) is 3. The molecular weight excluding hydrogens is 466 g/mol. The third-order valence-electron chi connectivity index (χ3n) is 5.90. The van der Waals surface area contributed by atoms with Crippen LogP contribution in [0.1, 0.15) is 50.4 Å². The average molecular weight is 492 g/mol. The molecule has 1 aliphatic rings. The Bertz CT molecular complexity index is 1540. The highest BCUT2D eigenvalue weighted by molar-refractivity contribution is 7.07. The zero-order valence-electron chi connectivity index (χ0n) is 20.1. The summed E-state index contributed by atoms with van der Waals surface area (Å²) in [5.74, 6) is -0.552. The molecule has 0 amide bonds. The van der Waals surface area contributed by atoms with Gasteiger partial charge in [-0.25, -0.2) is 9.79 Å². The molecule has 1 atom stereocenters. The number of ether oxygens (including phenoxy) is 1. The lowest BCUT2D eigenvalue weighted by molar-refractivity contribution is -0.384. The molecule has 0 N–H and O–H groups in total. The van der Waals surface area contributed by atoms with Crippen LogP contribution in [0, 0.1) is 10.1 Å². The minimum absolute atomic E-state index is 0.0534. The number of hydrogen-bond acceptors (Lipinski definition) is 7. The van der Waals surface area contributed by atoms with Crippen molar-refractivity contribution in [3.05, 3.63) is 106 Å². The van der Waals surface area contributed by atoms with Gasteiger partial charge in [0.1, 0.15) is 0 Å². The highest BCUT2D eigenvalue weighted by atomic mass is 32.1. The molecule has 1 unspecified atom stereocenters. The topological polar surface area (TPSA) is 104 Å². The SMILES string of the molecule is COC(=O)C1=C(C)N=c2sc(=Cc3cccc([N+](=O)[O-])c3)c(=O)n2C1c1ccc(C(C)(C)C)cc1. The van der Waals surface area contributed by atoms with Crippen LogP contribution in [-0.4, -0.2) is 22.6 Å². The molecule has 0 fully saturated rings. The minimum Gasteiger partial charge on any atom is -0.466 e. The quantitative estimate of drug-likeness (QED) is 0.315. The summed E-state index contributed by atoms with van der Waals surface area (Å²) in [6, 6.07) is 13.2. The first kappa shape index (κ1) is 24.3. The van der Waals surface area contributed by atoms with Gasteiger partial charge in [0.15, 0.2) is 4.80 Å². The van der Waals surface area contributed by atoms with E-state index in [1.807, 2.05) is 24.3 Å². The van der Waals surface area contributed by atoms with Gasteiger partial charge in [0.05, 0.1) is 33.9 Å². The molecule has 0 bridgehead atoms. The summed E-state index contributed by atoms with van der Waals surface area (Å²) >= 11 is 1.17. The number of carbonyl (C=O) groups excluding carboxylic acids is 1. The number of esters is 1. The van der Waals surface area contributed by atoms with Crippen LogP contribution in [0.2, 0.25) is 0 Å². The molecule has 1 aliphatic heterocycles. The number of methoxy groups -OCH3 is 1. The Balaban J connectivity index is 1.93. The predicted octanol–water partition coefficient (Wildman–Crippen LogP) is 3.61. The number of carbonyl (C=O) groups is 1. The molecule has 1 aromatic heterocycles. The van der Waals surface area contributed by atoms with Gasteiger partial charge >= 0.3 is 5.97 Å². The molecule has 35 heavy (non-hydrogen) atoms. The van der Waals surface area contributed by atoms with Crippen LogP contribution >= 0.6 is 11.3 Å². The lowest BCUT2D eigenvalue weighted by Gasteiger charge is -2.25. The Labute approximate surface area is 205 Å². The zero-order chi connectivity index (χ0) is 25.5. The smallest absolute Gasteiger partial charge is 0.338 e. The van der Waals surface area contributed by atoms with Gasteiger partial charge in [0.2, 0.25) is 0 Å². The van der Waals surface area contributed by atoms with Gasteiger partial charge in [0, 0.05) is 12.1 Å². The number of aromatic nitrogens is 1. The molecule has 2 heterocycles. The maximum Gasteiger partial charge on any atom is 0.338 e. The summed E-state index contributed by atoms with van der Waals surface area (Å²) in [4.78, 5) is 42.0. The number of benzene rings is 2. The van der Waals surface area contributed by atoms with E-state index < -0.39 is 16.9 Å². The van der Waals surface area contributed by atoms with Crippen LogP contribution in [0.25, 0.3) is 6.08 Å². The first-order chi connectivity index (χ1) is 16.5. The number of nitro groups is 1. The standard InChI is InChI=1S/C26H25N3O5S/c1-15-21(24(31)34-5)22(17-9-11-18(12-10-17)26(2,3)4)28-23(30)20(35-25(28)27-15)14-16-7-6-8-19(13-16)29(32)33/h6-14,22H,1-5H3. The molecule has 0 radical (unpaired) electrons. The fraction of sp³-hybridized carbons (Fsp3) is 0.269. The summed E-state index contributed by atoms with van der Waals surface area (Å²) in [6.07, 6.45) is 1.60. The van der Waals surface area contributed by atoms with Gasteiger partial charge < -0.3 is 4.74 Å². The summed E-state index contributed by atoms with van der Waals surface area (Å²) in [7, 11) is 1.30. The zero-order valence-corrected chi connectivity index (χ0v) is 20.9. The number of hydrogen-bond donors (Lipinski definition) is 0. The van der Waals surface area contributed by atoms with Gasteiger partial charge in [-0.1, -0.05) is 68.5 Å². The van der Waals surface area contributed by atoms with Crippen LogP contribution in [-0.2, 0) is 14.9 Å². The van der Waals surface area contributed by atoms with E-state index in [1.165, 1.54) is 35.1 Å². The number of nitro benzene ring substituents is 1. The van der Waals surface area contributed by atoms with E-state index in [0.29, 0.717) is 26.2 Å². The summed E-state index contributed by atoms with van der Waals surface area (Å²) < 4.78 is 6.90. The van der Waals surface area contributed by atoms with Crippen LogP contribution in [0.4, 0.5) is 5.69 Å². The second kappa shape index (κ2) is 9.07. The van der Waals surface area contributed by atoms with E-state index in [9.17, 15) is 19.7 Å². The highest BCUT2D eigenvalue weighted by Gasteiger charge is 2.33. The largest absolute Gasteiger partial charge is 0.466 e. The van der Waals surface area contributed by atoms with E-state index in [2.05, 4.69) is 25.8 Å². The number of thiazole rings is 1. The molecule has 180 valence electrons. The number of non-ortho nitro benzene ring substituents is 1. The molecule has 2 aromatic carbocycles. The van der Waals surface area contributed by atoms with Crippen LogP contribution in [0.5, 0.6) is 0 Å². The van der Waals surface area contributed by atoms with Crippen molar-refractivity contribution in [3.8, 4) is 0 Å². The van der Waals surface area contributed by atoms with Gasteiger partial charge in [-0.3, -0.25) is 19.5 Å². The monoisotopic (exact) mass is 491 g/mol. The Morgan fingerprint density at radius 3 is 2.49 bits per heavy atom. The minimum atomic E-state index is -0.708. The van der Waals surface area contributed by atoms with Crippen molar-refractivity contribution < 1.29 is 14.5 Å². The van der Waals surface area contributed by atoms with E-state index in [0.717, 1.165) is 11.1 Å². The van der Waals surface area contributed by atoms with Crippen LogP contribution < -0.4 is 14.9 Å². The van der Waals surface area contributed by atoms with E-state index in [1.54, 1.807) is 25.1 Å². The van der Waals surface area contributed by atoms with E-state index in [4.69, 9.17) is 4.74 Å². The highest BCUT2D eigenvalue weighted by Crippen LogP contribution is 2.32. The number of rotatable bonds is 4. The number of fused-ring (bicyclic) bond motifs is 1. The van der Waals surface area contributed by atoms with Crippen molar-refractivity contribution in [2.24, 2.45) is 4.99 Å². The van der Waals surface area contributed by atoms with Crippen LogP contribution in [0.15, 0.2) is 69.6 Å². The Kier molecular flexibility index (Phi) is 6.29. The number of allylic oxidation sites excluding steroid dienone is 1. The molecule has 0 aliphatic carbocycles. The molecular formula is C26H25N3O5S. The van der Waals surface area contributed by atoms with Crippen molar-refractivity contribution in [2.75, 3.05) is 7.11 Å². The fourth-order valence-electron chi connectivity index (χ4n) is 4.05. The lowest BCUT2D eigenvalue weighted by Crippen LogP contribution is -2.39. The van der Waals surface area contributed by atoms with Gasteiger partial charge in [-0.15, -0.1) is 0 Å². The molecule has 4 rings (SSSR count). The Morgan fingerprint density at radius 2 is 1.89 bits per heavy atom. The summed E-state index contributed by atoms with van der Waals surface area (Å²) in [6.45, 7) is 8.06. The van der Waals surface area contributed by atoms with Crippen molar-refractivity contribution in [1.82, 2.24) is 4.57 Å². The molecule has 9 heteroatoms. The Hall–Kier alpha value is -3.85. The lowest BCUT2D eigenvalue weighted by atomic mass is 9.85. The van der Waals surface area contributed by atoms with Gasteiger partial charge in [-0.05, 0) is 35.1 Å². The maximum absolute atomic E-state index is 13.6. The van der Waals surface area contributed by atoms with Crippen molar-refractivity contribution in [3.63, 3.8) is 0 Å². The average Bonchev–Trinajstić information content (AvgIpc) is 3.11. The summed E-state index contributed by atoms with van der Waals surface area (Å²) in [5, 5.41) is 11.1. The van der Waals surface area contributed by atoms with Crippen LogP contribution in [0.3, 0.4) is 0 Å². The third-order valence-corrected chi connectivity index (χ3v) is 6.88. The second-order valence-electron chi connectivity index (χ2n) is 9.30. The van der Waals surface area contributed by atoms with E-state index >= 15 is 0 Å². The molecule has 0 spiro atoms. The predicted molar refractivity (Wildman–Crippen MR) is 134 cm³/mol. The first-order valence-electron chi connectivity index (χ1n) is 11.0.